The molecule has 158 valence electrons. The van der Waals surface area contributed by atoms with Gasteiger partial charge in [0.2, 0.25) is 0 Å². The lowest BCUT2D eigenvalue weighted by atomic mass is 9.83. The molecule has 3 amide bonds. The van der Waals surface area contributed by atoms with Crippen LogP contribution in [0.2, 0.25) is 0 Å². The number of urea groups is 1. The van der Waals surface area contributed by atoms with E-state index in [0.717, 1.165) is 0 Å². The average molecular weight is 428 g/mol. The van der Waals surface area contributed by atoms with Crippen LogP contribution in [0.25, 0.3) is 0 Å². The van der Waals surface area contributed by atoms with E-state index in [1.165, 1.54) is 4.90 Å². The number of imide groups is 1. The van der Waals surface area contributed by atoms with E-state index in [-0.39, 0.29) is 30.1 Å². The highest BCUT2D eigenvalue weighted by atomic mass is 32.2. The summed E-state index contributed by atoms with van der Waals surface area (Å²) in [4.78, 5) is 29.8. The van der Waals surface area contributed by atoms with Crippen molar-refractivity contribution in [1.29, 1.82) is 0 Å². The number of rotatable bonds is 6. The number of carbonyl (C=O) groups excluding carboxylic acids is 2. The number of sulfone groups is 1. The van der Waals surface area contributed by atoms with E-state index in [4.69, 9.17) is 0 Å². The summed E-state index contributed by atoms with van der Waals surface area (Å²) in [6, 6.07) is 17.7. The minimum atomic E-state index is -3.07. The summed E-state index contributed by atoms with van der Waals surface area (Å²) >= 11 is 0. The lowest BCUT2D eigenvalue weighted by molar-refractivity contribution is -0.132. The molecule has 2 aliphatic rings. The van der Waals surface area contributed by atoms with Crippen LogP contribution in [0.4, 0.5) is 4.79 Å². The van der Waals surface area contributed by atoms with Gasteiger partial charge in [-0.25, -0.2) is 18.1 Å². The Hall–Kier alpha value is -2.71. The van der Waals surface area contributed by atoms with E-state index in [1.807, 2.05) is 72.5 Å². The lowest BCUT2D eigenvalue weighted by Gasteiger charge is -2.31. The summed E-state index contributed by atoms with van der Waals surface area (Å²) in [6.07, 6.45) is 0.516. The normalized spacial score (nSPS) is 22.5. The van der Waals surface area contributed by atoms with Gasteiger partial charge >= 0.3 is 6.03 Å². The molecule has 1 atom stereocenters. The van der Waals surface area contributed by atoms with Crippen molar-refractivity contribution < 1.29 is 18.0 Å². The second-order valence-corrected chi connectivity index (χ2v) is 9.98. The summed E-state index contributed by atoms with van der Waals surface area (Å²) in [6.45, 7) is 2.51. The Labute approximate surface area is 176 Å². The summed E-state index contributed by atoms with van der Waals surface area (Å²) in [5, 5.41) is 2.93. The Morgan fingerprint density at radius 3 is 2.07 bits per heavy atom. The summed E-state index contributed by atoms with van der Waals surface area (Å²) in [7, 11) is -3.07. The minimum Gasteiger partial charge on any atom is -0.315 e. The third-order valence-corrected chi connectivity index (χ3v) is 7.72. The maximum Gasteiger partial charge on any atom is 0.326 e. The number of nitrogens with zero attached hydrogens (tertiary/aromatic N) is 2. The van der Waals surface area contributed by atoms with Crippen molar-refractivity contribution >= 4 is 21.8 Å². The number of hydrogen-bond acceptors (Lipinski definition) is 5. The van der Waals surface area contributed by atoms with Crippen LogP contribution in [-0.4, -0.2) is 60.9 Å². The SMILES string of the molecule is CCN(CN1C(=O)NC(c2ccccc2)(c2ccccc2)C1=O)[C@H]1CCS(=O)(=O)C1. The van der Waals surface area contributed by atoms with Gasteiger partial charge in [0.1, 0.15) is 0 Å². The van der Waals surface area contributed by atoms with Crippen LogP contribution in [-0.2, 0) is 20.2 Å². The molecule has 30 heavy (non-hydrogen) atoms. The molecule has 8 heteroatoms. The van der Waals surface area contributed by atoms with E-state index in [0.29, 0.717) is 24.1 Å². The zero-order valence-corrected chi connectivity index (χ0v) is 17.6. The van der Waals surface area contributed by atoms with Crippen LogP contribution < -0.4 is 5.32 Å². The third kappa shape index (κ3) is 3.50. The molecule has 2 heterocycles. The number of hydrogen-bond donors (Lipinski definition) is 1. The fraction of sp³-hybridized carbons (Fsp3) is 0.364. The summed E-state index contributed by atoms with van der Waals surface area (Å²) < 4.78 is 23.8. The molecule has 0 radical (unpaired) electrons. The smallest absolute Gasteiger partial charge is 0.315 e. The van der Waals surface area contributed by atoms with Gasteiger partial charge in [-0.3, -0.25) is 9.69 Å². The van der Waals surface area contributed by atoms with Gasteiger partial charge in [-0.15, -0.1) is 0 Å². The molecule has 0 aliphatic carbocycles. The molecule has 2 aliphatic heterocycles. The number of nitrogens with one attached hydrogen (secondary N) is 1. The monoisotopic (exact) mass is 427 g/mol. The number of carbonyl (C=O) groups is 2. The number of benzene rings is 2. The molecule has 7 nitrogen and oxygen atoms in total. The van der Waals surface area contributed by atoms with Gasteiger partial charge in [0.05, 0.1) is 18.2 Å². The van der Waals surface area contributed by atoms with Crippen molar-refractivity contribution in [2.75, 3.05) is 24.7 Å². The van der Waals surface area contributed by atoms with Gasteiger partial charge in [-0.05, 0) is 24.1 Å². The van der Waals surface area contributed by atoms with Crippen LogP contribution in [0.1, 0.15) is 24.5 Å². The van der Waals surface area contributed by atoms with Gasteiger partial charge in [0.25, 0.3) is 5.91 Å². The molecule has 0 bridgehead atoms. The van der Waals surface area contributed by atoms with Crippen LogP contribution in [0.5, 0.6) is 0 Å². The second kappa shape index (κ2) is 7.85. The van der Waals surface area contributed by atoms with Gasteiger partial charge in [-0.2, -0.15) is 0 Å². The summed E-state index contributed by atoms with van der Waals surface area (Å²) in [5.41, 5.74) is 0.0629. The topological polar surface area (TPSA) is 86.8 Å². The fourth-order valence-corrected chi connectivity index (χ4v) is 6.12. The van der Waals surface area contributed by atoms with Gasteiger partial charge in [0.15, 0.2) is 15.4 Å². The van der Waals surface area contributed by atoms with E-state index in [2.05, 4.69) is 5.32 Å². The van der Waals surface area contributed by atoms with Crippen LogP contribution in [0.15, 0.2) is 60.7 Å². The Morgan fingerprint density at radius 2 is 1.60 bits per heavy atom. The van der Waals surface area contributed by atoms with Gasteiger partial charge in [-0.1, -0.05) is 67.6 Å². The lowest BCUT2D eigenvalue weighted by Crippen LogP contribution is -2.48. The Morgan fingerprint density at radius 1 is 1.03 bits per heavy atom. The quantitative estimate of drug-likeness (QED) is 0.712. The van der Waals surface area contributed by atoms with E-state index in [1.54, 1.807) is 0 Å². The fourth-order valence-electron chi connectivity index (χ4n) is 4.36. The molecular weight excluding hydrogens is 402 g/mol. The van der Waals surface area contributed by atoms with Crippen molar-refractivity contribution in [1.82, 2.24) is 15.1 Å². The molecule has 2 aromatic carbocycles. The first-order chi connectivity index (χ1) is 14.4. The molecule has 4 rings (SSSR count). The molecule has 0 aromatic heterocycles. The Balaban J connectivity index is 1.69. The Bertz CT molecular complexity index is 1000. The highest BCUT2D eigenvalue weighted by molar-refractivity contribution is 7.91. The van der Waals surface area contributed by atoms with Crippen molar-refractivity contribution in [2.45, 2.75) is 24.9 Å². The molecule has 2 fully saturated rings. The van der Waals surface area contributed by atoms with Crippen LogP contribution in [0.3, 0.4) is 0 Å². The standard InChI is InChI=1S/C22H25N3O4S/c1-2-24(19-13-14-30(28,29)15-19)16-25-20(26)22(23-21(25)27,17-9-5-3-6-10-17)18-11-7-4-8-12-18/h3-12,19H,2,13-16H2,1H3,(H,23,27)/t19-/m0/s1. The first-order valence-corrected chi connectivity index (χ1v) is 11.9. The number of amides is 3. The molecule has 0 saturated carbocycles. The Kier molecular flexibility index (Phi) is 5.38. The van der Waals surface area contributed by atoms with Crippen LogP contribution >= 0.6 is 0 Å². The maximum absolute atomic E-state index is 13.7. The molecule has 2 aromatic rings. The predicted octanol–water partition coefficient (Wildman–Crippen LogP) is 1.95. The van der Waals surface area contributed by atoms with Crippen molar-refractivity contribution in [3.8, 4) is 0 Å². The van der Waals surface area contributed by atoms with Crippen LogP contribution in [0, 0.1) is 0 Å². The van der Waals surface area contributed by atoms with E-state index in [9.17, 15) is 18.0 Å². The van der Waals surface area contributed by atoms with Gasteiger partial charge < -0.3 is 5.32 Å². The van der Waals surface area contributed by atoms with E-state index >= 15 is 0 Å². The third-order valence-electron chi connectivity index (χ3n) is 5.97. The minimum absolute atomic E-state index is 0.0583. The van der Waals surface area contributed by atoms with Crippen molar-refractivity contribution in [2.24, 2.45) is 0 Å². The maximum atomic E-state index is 13.7. The zero-order valence-electron chi connectivity index (χ0n) is 16.8. The van der Waals surface area contributed by atoms with Crippen molar-refractivity contribution in [3.05, 3.63) is 71.8 Å². The zero-order chi connectivity index (χ0) is 21.4. The predicted molar refractivity (Wildman–Crippen MR) is 113 cm³/mol. The first kappa shape index (κ1) is 20.6. The van der Waals surface area contributed by atoms with Gasteiger partial charge in [0, 0.05) is 6.04 Å². The summed E-state index contributed by atoms with van der Waals surface area (Å²) in [5.74, 6) is -0.150. The molecule has 0 unspecified atom stereocenters. The largest absolute Gasteiger partial charge is 0.326 e. The molecular formula is C22H25N3O4S. The molecule has 0 spiro atoms. The van der Waals surface area contributed by atoms with Crippen molar-refractivity contribution in [3.63, 3.8) is 0 Å². The highest BCUT2D eigenvalue weighted by Gasteiger charge is 2.54. The first-order valence-electron chi connectivity index (χ1n) is 10.1. The van der Waals surface area contributed by atoms with E-state index < -0.39 is 21.4 Å². The second-order valence-electron chi connectivity index (χ2n) is 7.75. The highest BCUT2D eigenvalue weighted by Crippen LogP contribution is 2.36. The molecule has 2 saturated heterocycles. The average Bonchev–Trinajstić information content (AvgIpc) is 3.24. The molecule has 1 N–H and O–H groups in total.